The SMILES string of the molecule is CC(C)c1cccc(NC(=O)CN2C(=O)NC(C)(c3cc4ccccc4o3)C2=O)c1. The molecule has 0 bridgehead atoms. The molecule has 4 rings (SSSR count). The van der Waals surface area contributed by atoms with E-state index in [0.29, 0.717) is 22.9 Å². The van der Waals surface area contributed by atoms with Crippen molar-refractivity contribution in [3.8, 4) is 0 Å². The number of hydrogen-bond acceptors (Lipinski definition) is 4. The molecule has 0 spiro atoms. The van der Waals surface area contributed by atoms with E-state index in [9.17, 15) is 14.4 Å². The van der Waals surface area contributed by atoms with Crippen LogP contribution in [0.25, 0.3) is 11.0 Å². The molecule has 2 N–H and O–H groups in total. The van der Waals surface area contributed by atoms with Gasteiger partial charge in [0.2, 0.25) is 5.91 Å². The predicted octanol–water partition coefficient (Wildman–Crippen LogP) is 3.96. The minimum Gasteiger partial charge on any atom is -0.458 e. The first-order chi connectivity index (χ1) is 14.3. The van der Waals surface area contributed by atoms with Crippen LogP contribution in [0.5, 0.6) is 0 Å². The van der Waals surface area contributed by atoms with Crippen LogP contribution in [0.2, 0.25) is 0 Å². The molecule has 30 heavy (non-hydrogen) atoms. The van der Waals surface area contributed by atoms with E-state index in [1.807, 2.05) is 36.4 Å². The molecule has 1 fully saturated rings. The van der Waals surface area contributed by atoms with Crippen molar-refractivity contribution in [3.05, 3.63) is 65.9 Å². The van der Waals surface area contributed by atoms with Gasteiger partial charge in [-0.3, -0.25) is 14.5 Å². The number of imide groups is 1. The first kappa shape index (κ1) is 19.7. The maximum absolute atomic E-state index is 13.0. The molecule has 154 valence electrons. The molecule has 4 amide bonds. The van der Waals surface area contributed by atoms with Crippen LogP contribution in [0.4, 0.5) is 10.5 Å². The van der Waals surface area contributed by atoms with Gasteiger partial charge < -0.3 is 15.1 Å². The lowest BCUT2D eigenvalue weighted by atomic mass is 9.99. The number of urea groups is 1. The maximum atomic E-state index is 13.0. The molecule has 3 aromatic rings. The molecule has 1 aliphatic heterocycles. The third kappa shape index (κ3) is 3.43. The standard InChI is InChI=1S/C23H23N3O4/c1-14(2)15-8-6-9-17(11-15)24-20(27)13-26-21(28)23(3,25-22(26)29)19-12-16-7-4-5-10-18(16)30-19/h4-12,14H,13H2,1-3H3,(H,24,27)(H,25,29). The van der Waals surface area contributed by atoms with Crippen LogP contribution < -0.4 is 10.6 Å². The van der Waals surface area contributed by atoms with Crippen molar-refractivity contribution in [2.75, 3.05) is 11.9 Å². The molecule has 1 aromatic heterocycles. The fourth-order valence-corrected chi connectivity index (χ4v) is 3.56. The van der Waals surface area contributed by atoms with E-state index in [1.54, 1.807) is 25.1 Å². The molecule has 7 heteroatoms. The lowest BCUT2D eigenvalue weighted by Gasteiger charge is -2.19. The number of nitrogens with zero attached hydrogens (tertiary/aromatic N) is 1. The summed E-state index contributed by atoms with van der Waals surface area (Å²) in [6.45, 7) is 5.32. The molecule has 0 saturated carbocycles. The molecular weight excluding hydrogens is 382 g/mol. The Kier molecular flexibility index (Phi) is 4.81. The number of benzene rings is 2. The lowest BCUT2D eigenvalue weighted by molar-refractivity contribution is -0.134. The van der Waals surface area contributed by atoms with E-state index in [2.05, 4.69) is 24.5 Å². The van der Waals surface area contributed by atoms with E-state index in [4.69, 9.17) is 4.42 Å². The number of anilines is 1. The highest BCUT2D eigenvalue weighted by Gasteiger charge is 2.51. The quantitative estimate of drug-likeness (QED) is 0.629. The zero-order chi connectivity index (χ0) is 21.5. The highest BCUT2D eigenvalue weighted by Crippen LogP contribution is 2.33. The average molecular weight is 405 g/mol. The van der Waals surface area contributed by atoms with Crippen molar-refractivity contribution in [1.82, 2.24) is 10.2 Å². The van der Waals surface area contributed by atoms with Crippen LogP contribution in [0.1, 0.15) is 38.0 Å². The summed E-state index contributed by atoms with van der Waals surface area (Å²) in [5.74, 6) is -0.335. The van der Waals surface area contributed by atoms with Gasteiger partial charge in [0.1, 0.15) is 17.9 Å². The van der Waals surface area contributed by atoms with Crippen LogP contribution in [0.3, 0.4) is 0 Å². The Morgan fingerprint density at radius 2 is 1.90 bits per heavy atom. The van der Waals surface area contributed by atoms with Gasteiger partial charge in [-0.1, -0.05) is 44.2 Å². The summed E-state index contributed by atoms with van der Waals surface area (Å²) in [5, 5.41) is 6.25. The Morgan fingerprint density at radius 1 is 1.13 bits per heavy atom. The molecular formula is C23H23N3O4. The van der Waals surface area contributed by atoms with Crippen LogP contribution in [-0.4, -0.2) is 29.3 Å². The van der Waals surface area contributed by atoms with Crippen molar-refractivity contribution in [2.24, 2.45) is 0 Å². The maximum Gasteiger partial charge on any atom is 0.325 e. The zero-order valence-electron chi connectivity index (χ0n) is 17.1. The second kappa shape index (κ2) is 7.33. The van der Waals surface area contributed by atoms with Crippen molar-refractivity contribution >= 4 is 34.5 Å². The van der Waals surface area contributed by atoms with Crippen LogP contribution >= 0.6 is 0 Å². The van der Waals surface area contributed by atoms with Gasteiger partial charge in [0, 0.05) is 11.1 Å². The highest BCUT2D eigenvalue weighted by atomic mass is 16.3. The van der Waals surface area contributed by atoms with Gasteiger partial charge in [0.25, 0.3) is 5.91 Å². The van der Waals surface area contributed by atoms with Crippen LogP contribution in [0, 0.1) is 0 Å². The second-order valence-corrected chi connectivity index (χ2v) is 7.92. The number of furan rings is 1. The number of carbonyl (C=O) groups is 3. The smallest absolute Gasteiger partial charge is 0.325 e. The summed E-state index contributed by atoms with van der Waals surface area (Å²) in [6.07, 6.45) is 0. The van der Waals surface area contributed by atoms with E-state index in [1.165, 1.54) is 0 Å². The second-order valence-electron chi connectivity index (χ2n) is 7.92. The van der Waals surface area contributed by atoms with Gasteiger partial charge in [-0.15, -0.1) is 0 Å². The number of nitrogens with one attached hydrogen (secondary N) is 2. The van der Waals surface area contributed by atoms with Crippen LogP contribution in [-0.2, 0) is 15.1 Å². The number of fused-ring (bicyclic) bond motifs is 1. The van der Waals surface area contributed by atoms with Gasteiger partial charge in [0.15, 0.2) is 5.54 Å². The first-order valence-corrected chi connectivity index (χ1v) is 9.81. The number of amides is 4. The summed E-state index contributed by atoms with van der Waals surface area (Å²) < 4.78 is 5.80. The van der Waals surface area contributed by atoms with Gasteiger partial charge in [0.05, 0.1) is 0 Å². The Morgan fingerprint density at radius 3 is 2.63 bits per heavy atom. The number of hydrogen-bond donors (Lipinski definition) is 2. The fourth-order valence-electron chi connectivity index (χ4n) is 3.56. The summed E-state index contributed by atoms with van der Waals surface area (Å²) >= 11 is 0. The van der Waals surface area contributed by atoms with Crippen LogP contribution in [0.15, 0.2) is 59.0 Å². The van der Waals surface area contributed by atoms with Crippen molar-refractivity contribution < 1.29 is 18.8 Å². The lowest BCUT2D eigenvalue weighted by Crippen LogP contribution is -2.41. The monoisotopic (exact) mass is 405 g/mol. The average Bonchev–Trinajstić information content (AvgIpc) is 3.24. The molecule has 1 atom stereocenters. The molecule has 2 heterocycles. The molecule has 1 saturated heterocycles. The van der Waals surface area contributed by atoms with Crippen molar-refractivity contribution in [1.29, 1.82) is 0 Å². The zero-order valence-corrected chi connectivity index (χ0v) is 17.1. The third-order valence-electron chi connectivity index (χ3n) is 5.33. The van der Waals surface area contributed by atoms with Crippen molar-refractivity contribution in [3.63, 3.8) is 0 Å². The van der Waals surface area contributed by atoms with Gasteiger partial charge in [-0.2, -0.15) is 0 Å². The molecule has 1 unspecified atom stereocenters. The molecule has 0 aliphatic carbocycles. The summed E-state index contributed by atoms with van der Waals surface area (Å²) in [6, 6.07) is 15.9. The molecule has 0 radical (unpaired) electrons. The summed E-state index contributed by atoms with van der Waals surface area (Å²) in [7, 11) is 0. The van der Waals surface area contributed by atoms with E-state index < -0.39 is 23.4 Å². The molecule has 2 aromatic carbocycles. The fraction of sp³-hybridized carbons (Fsp3) is 0.261. The first-order valence-electron chi connectivity index (χ1n) is 9.81. The Balaban J connectivity index is 1.51. The van der Waals surface area contributed by atoms with E-state index in [0.717, 1.165) is 15.8 Å². The van der Waals surface area contributed by atoms with E-state index in [-0.39, 0.29) is 6.54 Å². The highest BCUT2D eigenvalue weighted by molar-refractivity contribution is 6.10. The summed E-state index contributed by atoms with van der Waals surface area (Å²) in [5.41, 5.74) is 0.962. The van der Waals surface area contributed by atoms with E-state index >= 15 is 0 Å². The Bertz CT molecular complexity index is 1120. The summed E-state index contributed by atoms with van der Waals surface area (Å²) in [4.78, 5) is 39.0. The number of para-hydroxylation sites is 1. The largest absolute Gasteiger partial charge is 0.458 e. The number of rotatable bonds is 5. The topological polar surface area (TPSA) is 91.7 Å². The van der Waals surface area contributed by atoms with Gasteiger partial charge in [-0.25, -0.2) is 4.79 Å². The number of carbonyl (C=O) groups excluding carboxylic acids is 3. The van der Waals surface area contributed by atoms with Crippen molar-refractivity contribution in [2.45, 2.75) is 32.2 Å². The molecule has 7 nitrogen and oxygen atoms in total. The minimum absolute atomic E-state index is 0.317. The minimum atomic E-state index is -1.37. The normalized spacial score (nSPS) is 18.9. The van der Waals surface area contributed by atoms with Gasteiger partial charge in [-0.05, 0) is 42.7 Å². The van der Waals surface area contributed by atoms with Gasteiger partial charge >= 0.3 is 6.03 Å². The third-order valence-corrected chi connectivity index (χ3v) is 5.33. The Hall–Kier alpha value is -3.61. The molecule has 1 aliphatic rings. The predicted molar refractivity (Wildman–Crippen MR) is 113 cm³/mol. The Labute approximate surface area is 174 Å².